The van der Waals surface area contributed by atoms with Crippen LogP contribution in [0, 0.1) is 17.8 Å². The standard InChI is InChI=1S/C48H61ClN6O7S.C17H25N3O4.C13H17NO5.C10H13NO4.C7H7NO3/c1-31-5-3-7-44(56)41-11-8-35(41)22-55-29-48(14-4-6-33-19-37(49)10-12-42(33)48)30-62-45-13-9-34(21-43(45)55)46(57)50-63(59,32(31)2)51-47(58)36-20-38-28-61-40(26-54(38)23-36)25-52-15-16-53-17-18-60-27-39(53)24-52;1-22-17(21)13-6-14-12-24-16(10-20(14)7-13)9-18-2-3-19-4-5-23-11-15(19)8-18;1-13(2)18-8-11(19-13)6-14-5-9(12(16)17-3)4-10(14)7-15;1-14-10(13)7-2-8-6-15-9(5-12)4-11(8)3-7;1-11-7(10)5-2-6(4-9)8-3-5/h3,7,9-10,12-13,19-21,23,31-32,35,39-41,44,56H,4-6,8,11,14-18,22,24-30H2,1-2H3,(H,50,51,57,58,59);6-7,15-16H,2-5,8-12H2,1H3;4-5,7,11H,6,8H2,1-3H3;2-3,9,12H,4-6H2,1H3;2-4,8H,1H3/b7-3+;;;;/t31-,32+,35-,39+,40-,41+,44-,48-,63?;15-,16+;11-;9-;/m0111./s1. The van der Waals surface area contributed by atoms with Crippen molar-refractivity contribution in [2.75, 3.05) is 158 Å². The van der Waals surface area contributed by atoms with Gasteiger partial charge in [-0.25, -0.2) is 23.4 Å². The summed E-state index contributed by atoms with van der Waals surface area (Å²) in [5.74, 6) is -2.63. The topological polar surface area (TPSA) is 381 Å². The average molecular weight is 1870 g/mol. The van der Waals surface area contributed by atoms with Crippen molar-refractivity contribution in [1.82, 2.24) is 47.6 Å². The molecule has 4 N–H and O–H groups in total. The van der Waals surface area contributed by atoms with E-state index in [1.165, 1.54) is 57.9 Å². The molecule has 2 aromatic carbocycles. The molecule has 2 amide bonds. The third kappa shape index (κ3) is 23.1. The van der Waals surface area contributed by atoms with Crippen LogP contribution in [0.25, 0.3) is 0 Å². The van der Waals surface area contributed by atoms with Crippen LogP contribution in [0.3, 0.4) is 0 Å². The summed E-state index contributed by atoms with van der Waals surface area (Å²) in [5, 5.41) is 20.5. The molecule has 1 unspecified atom stereocenters. The molecule has 1 saturated carbocycles. The number of amides is 2. The summed E-state index contributed by atoms with van der Waals surface area (Å²) in [5.41, 5.74) is 9.01. The summed E-state index contributed by atoms with van der Waals surface area (Å²) >= 11 is 6.49. The predicted molar refractivity (Wildman–Crippen MR) is 485 cm³/mol. The number of H-pyrrole nitrogens is 1. The number of aliphatic hydroxyl groups excluding tert-OH is 2. The van der Waals surface area contributed by atoms with Crippen molar-refractivity contribution in [2.45, 2.75) is 171 Å². The van der Waals surface area contributed by atoms with Gasteiger partial charge in [-0.05, 0) is 149 Å². The lowest BCUT2D eigenvalue weighted by atomic mass is 9.68. The van der Waals surface area contributed by atoms with Gasteiger partial charge in [0.05, 0.1) is 182 Å². The number of rotatable bonds is 15. The monoisotopic (exact) mass is 1870 g/mol. The molecule has 6 fully saturated rings. The number of aliphatic hydroxyl groups is 2. The molecule has 10 aliphatic heterocycles. The molecule has 5 saturated heterocycles. The Morgan fingerprint density at radius 1 is 0.659 bits per heavy atom. The van der Waals surface area contributed by atoms with Crippen LogP contribution in [0.5, 0.6) is 5.75 Å². The Bertz CT molecular complexity index is 5440. The van der Waals surface area contributed by atoms with E-state index in [-0.39, 0.29) is 71.7 Å². The van der Waals surface area contributed by atoms with Crippen LogP contribution in [0.15, 0.2) is 114 Å². The van der Waals surface area contributed by atoms with E-state index in [4.69, 9.17) is 59.3 Å². The SMILES string of the molecule is COC(=O)c1c[nH]c(C=O)c1.COC(=O)c1cc(C=O)n(C[C@@H]2COC(C)(C)O2)c1.COC(=O)c1cc2n(c1)C[C@H](CN1CCN3CCOC[C@H]3C1)OC2.COC(=O)c1cc2n(c1)C[C@H](CO)OC2.C[C@@H]1[C@@H](C)C/C=C/[C@H](O)[C@@H]2CC[C@H]2CN2C[C@@]3(CCCc4cc(Cl)ccc43)COc3ccc(cc32)C(=O)N=S1(=O)NC(=O)c1cc2n(c1)C[C@H](CN1CCN3CCOC[C@H]3C1)OC2. The molecule has 132 heavy (non-hydrogen) atoms. The number of ether oxygens (including phenoxy) is 12. The number of carbonyl (C=O) groups is 8. The fourth-order valence-electron chi connectivity index (χ4n) is 19.7. The number of nitrogens with zero attached hydrogens (tertiary/aromatic N) is 10. The number of piperazine rings is 2. The van der Waals surface area contributed by atoms with E-state index in [1.54, 1.807) is 48.3 Å². The molecule has 714 valence electrons. The van der Waals surface area contributed by atoms with Crippen molar-refractivity contribution in [2.24, 2.45) is 22.1 Å². The second kappa shape index (κ2) is 43.3. The van der Waals surface area contributed by atoms with E-state index in [0.717, 1.165) is 158 Å². The van der Waals surface area contributed by atoms with Crippen LogP contribution >= 0.6 is 11.6 Å². The van der Waals surface area contributed by atoms with Gasteiger partial charge in [0, 0.05) is 168 Å². The second-order valence-corrected chi connectivity index (χ2v) is 39.2. The summed E-state index contributed by atoms with van der Waals surface area (Å²) in [7, 11) is 1.66. The lowest BCUT2D eigenvalue weighted by Crippen LogP contribution is -2.59. The number of halogens is 1. The summed E-state index contributed by atoms with van der Waals surface area (Å²) in [6.07, 6.45) is 18.1. The maximum Gasteiger partial charge on any atom is 0.339 e. The molecule has 2 aliphatic carbocycles. The number of methoxy groups -OCH3 is 4. The second-order valence-electron chi connectivity index (χ2n) is 36.5. The predicted octanol–water partition coefficient (Wildman–Crippen LogP) is 8.06. The molecule has 35 nitrogen and oxygen atoms in total. The maximum atomic E-state index is 15.2. The number of hydrogen-bond donors (Lipinski definition) is 4. The maximum absolute atomic E-state index is 15.2. The Kier molecular flexibility index (Phi) is 31.8. The molecule has 19 rings (SSSR count). The van der Waals surface area contributed by atoms with Crippen LogP contribution in [0.2, 0.25) is 5.02 Å². The van der Waals surface area contributed by atoms with E-state index in [0.29, 0.717) is 142 Å². The summed E-state index contributed by atoms with van der Waals surface area (Å²) < 4.78 is 95.6. The van der Waals surface area contributed by atoms with Gasteiger partial charge in [-0.1, -0.05) is 36.7 Å². The Morgan fingerprint density at radius 3 is 1.82 bits per heavy atom. The number of esters is 4. The van der Waals surface area contributed by atoms with Crippen LogP contribution in [-0.2, 0) is 120 Å². The van der Waals surface area contributed by atoms with Gasteiger partial charge >= 0.3 is 23.9 Å². The van der Waals surface area contributed by atoms with Gasteiger partial charge in [-0.3, -0.25) is 43.5 Å². The van der Waals surface area contributed by atoms with Crippen LogP contribution in [0.4, 0.5) is 5.69 Å². The van der Waals surface area contributed by atoms with Gasteiger partial charge in [0.25, 0.3) is 11.8 Å². The zero-order valence-corrected chi connectivity index (χ0v) is 77.8. The number of aromatic amines is 1. The molecular weight excluding hydrogens is 1740 g/mol. The van der Waals surface area contributed by atoms with Crippen molar-refractivity contribution >= 4 is 75.5 Å². The number of fused-ring (bicyclic) bond motifs is 9. The molecule has 12 aliphatic rings. The lowest BCUT2D eigenvalue weighted by Gasteiger charge is -2.45. The van der Waals surface area contributed by atoms with Gasteiger partial charge in [-0.15, -0.1) is 4.36 Å². The summed E-state index contributed by atoms with van der Waals surface area (Å²) in [4.78, 5) is 110. The number of aryl methyl sites for hydroxylation is 1. The fraction of sp³-hybridized carbons (Fsp3) is 0.558. The van der Waals surface area contributed by atoms with Crippen molar-refractivity contribution in [1.29, 1.82) is 0 Å². The minimum Gasteiger partial charge on any atom is -0.490 e. The fourth-order valence-corrected chi connectivity index (χ4v) is 21.7. The Morgan fingerprint density at radius 2 is 1.25 bits per heavy atom. The first-order valence-corrected chi connectivity index (χ1v) is 47.4. The van der Waals surface area contributed by atoms with E-state index in [1.807, 2.05) is 68.0 Å². The van der Waals surface area contributed by atoms with Gasteiger partial charge in [0.2, 0.25) is 0 Å². The number of morpholine rings is 2. The number of nitrogens with one attached hydrogen (secondary N) is 2. The average Bonchev–Trinajstić information content (AvgIpc) is 1.49. The third-order valence-electron chi connectivity index (χ3n) is 27.3. The van der Waals surface area contributed by atoms with Gasteiger partial charge in [-0.2, -0.15) is 0 Å². The molecule has 37 heteroatoms. The number of hydrogen-bond acceptors (Lipinski definition) is 28. The normalized spacial score (nSPS) is 27.5. The molecule has 2 bridgehead atoms. The Hall–Kier alpha value is -9.74. The first-order chi connectivity index (χ1) is 63.6. The highest BCUT2D eigenvalue weighted by atomic mass is 35.5. The smallest absolute Gasteiger partial charge is 0.339 e. The zero-order chi connectivity index (χ0) is 93.1. The molecule has 1 spiro atoms. The van der Waals surface area contributed by atoms with Crippen molar-refractivity contribution in [3.8, 4) is 5.75 Å². The van der Waals surface area contributed by atoms with E-state index in [2.05, 4.69) is 74.0 Å². The summed E-state index contributed by atoms with van der Waals surface area (Å²) in [6.45, 7) is 26.6. The molecular formula is C95H123ClN12O23S. The first-order valence-electron chi connectivity index (χ1n) is 45.5. The molecule has 5 aromatic heterocycles. The van der Waals surface area contributed by atoms with Crippen LogP contribution in [-0.4, -0.2) is 312 Å². The summed E-state index contributed by atoms with van der Waals surface area (Å²) in [6, 6.07) is 20.8. The van der Waals surface area contributed by atoms with Gasteiger partial charge < -0.3 is 95.2 Å². The largest absolute Gasteiger partial charge is 0.490 e. The van der Waals surface area contributed by atoms with Crippen LogP contribution in [0.1, 0.15) is 171 Å². The highest BCUT2D eigenvalue weighted by Crippen LogP contribution is 2.48. The quantitative estimate of drug-likeness (QED) is 0.0326. The number of allylic oxidation sites excluding steroid dienone is 1. The first kappa shape index (κ1) is 96.8. The van der Waals surface area contributed by atoms with Gasteiger partial charge in [0.1, 0.15) is 21.8 Å². The van der Waals surface area contributed by atoms with Crippen LogP contribution < -0.4 is 14.4 Å². The Balaban J connectivity index is 0.000000155. The minimum absolute atomic E-state index is 0.00875. The zero-order valence-electron chi connectivity index (χ0n) is 76.3. The van der Waals surface area contributed by atoms with Crippen molar-refractivity contribution in [3.63, 3.8) is 0 Å². The third-order valence-corrected chi connectivity index (χ3v) is 29.9. The minimum atomic E-state index is -3.69. The Labute approximate surface area is 773 Å². The van der Waals surface area contributed by atoms with Crippen molar-refractivity contribution < 1.29 is 110 Å². The number of carbonyl (C=O) groups excluding carboxylic acids is 8. The number of anilines is 1. The molecule has 7 aromatic rings. The molecule has 13 atom stereocenters. The van der Waals surface area contributed by atoms with Gasteiger partial charge in [0.15, 0.2) is 18.4 Å². The molecule has 0 radical (unpaired) electrons. The highest BCUT2D eigenvalue weighted by molar-refractivity contribution is 7.93. The van der Waals surface area contributed by atoms with Crippen molar-refractivity contribution in [3.05, 3.63) is 188 Å². The number of aldehydes is 2. The number of benzene rings is 2. The van der Waals surface area contributed by atoms with E-state index < -0.39 is 50.8 Å². The highest BCUT2D eigenvalue weighted by Gasteiger charge is 2.46. The lowest BCUT2D eigenvalue weighted by molar-refractivity contribution is -0.139. The van der Waals surface area contributed by atoms with E-state index >= 15 is 4.21 Å². The number of aromatic nitrogens is 5. The van der Waals surface area contributed by atoms with E-state index in [9.17, 15) is 43.5 Å². The molecule has 15 heterocycles.